The molecule has 0 saturated heterocycles. The van der Waals surface area contributed by atoms with Gasteiger partial charge in [-0.3, -0.25) is 0 Å². The molecule has 1 atom stereocenters. The number of aromatic nitrogens is 2. The van der Waals surface area contributed by atoms with Crippen molar-refractivity contribution >= 4 is 22.8 Å². The van der Waals surface area contributed by atoms with Crippen LogP contribution in [0, 0.1) is 0 Å². The van der Waals surface area contributed by atoms with Crippen LogP contribution >= 0.6 is 0 Å². The maximum absolute atomic E-state index is 12.5. The van der Waals surface area contributed by atoms with Crippen molar-refractivity contribution in [3.63, 3.8) is 0 Å². The Balaban J connectivity index is 2.07. The Labute approximate surface area is 119 Å². The fraction of sp³-hybridized carbons (Fsp3) is 0.385. The number of benzene rings is 1. The first kappa shape index (κ1) is 15.2. The third-order valence-electron chi connectivity index (χ3n) is 2.90. The van der Waals surface area contributed by atoms with E-state index >= 15 is 0 Å². The number of urea groups is 1. The van der Waals surface area contributed by atoms with Gasteiger partial charge < -0.3 is 20.7 Å². The minimum Gasteiger partial charge on any atom is -0.396 e. The molecule has 1 aromatic heterocycles. The zero-order valence-electron chi connectivity index (χ0n) is 11.4. The van der Waals surface area contributed by atoms with Crippen LogP contribution in [0.15, 0.2) is 18.2 Å². The molecule has 6 nitrogen and oxygen atoms in total. The van der Waals surface area contributed by atoms with Gasteiger partial charge in [0.2, 0.25) is 0 Å². The summed E-state index contributed by atoms with van der Waals surface area (Å²) < 4.78 is 25.1. The van der Waals surface area contributed by atoms with Gasteiger partial charge >= 0.3 is 6.03 Å². The van der Waals surface area contributed by atoms with Crippen molar-refractivity contribution in [1.82, 2.24) is 15.3 Å². The molecule has 0 unspecified atom stereocenters. The summed E-state index contributed by atoms with van der Waals surface area (Å²) in [6.07, 6.45) is -2.22. The molecule has 21 heavy (non-hydrogen) atoms. The Morgan fingerprint density at radius 3 is 2.90 bits per heavy atom. The summed E-state index contributed by atoms with van der Waals surface area (Å²) in [5, 5.41) is 14.0. The number of aliphatic hydroxyl groups is 1. The van der Waals surface area contributed by atoms with Gasteiger partial charge in [-0.15, -0.1) is 0 Å². The van der Waals surface area contributed by atoms with E-state index in [0.717, 1.165) is 0 Å². The molecule has 0 spiro atoms. The zero-order valence-corrected chi connectivity index (χ0v) is 11.4. The van der Waals surface area contributed by atoms with Crippen LogP contribution < -0.4 is 10.6 Å². The summed E-state index contributed by atoms with van der Waals surface area (Å²) >= 11 is 0. The average Bonchev–Trinajstić information content (AvgIpc) is 2.81. The van der Waals surface area contributed by atoms with Gasteiger partial charge in [0, 0.05) is 18.3 Å². The Hall–Kier alpha value is -2.22. The Morgan fingerprint density at radius 1 is 1.48 bits per heavy atom. The van der Waals surface area contributed by atoms with Crippen LogP contribution in [0.2, 0.25) is 0 Å². The molecule has 0 saturated carbocycles. The number of hydrogen-bond donors (Lipinski definition) is 4. The van der Waals surface area contributed by atoms with Crippen molar-refractivity contribution < 1.29 is 18.7 Å². The summed E-state index contributed by atoms with van der Waals surface area (Å²) in [4.78, 5) is 17.9. The maximum Gasteiger partial charge on any atom is 0.319 e. The van der Waals surface area contributed by atoms with E-state index in [-0.39, 0.29) is 12.6 Å². The van der Waals surface area contributed by atoms with Crippen LogP contribution in [-0.4, -0.2) is 33.8 Å². The second kappa shape index (κ2) is 6.49. The molecule has 0 aliphatic rings. The molecule has 0 aliphatic carbocycles. The predicted octanol–water partition coefficient (Wildman–Crippen LogP) is 2.39. The van der Waals surface area contributed by atoms with E-state index in [9.17, 15) is 13.6 Å². The predicted molar refractivity (Wildman–Crippen MR) is 74.4 cm³/mol. The lowest BCUT2D eigenvalue weighted by atomic mass is 10.2. The number of H-pyrrole nitrogens is 1. The molecule has 2 aromatic rings. The monoisotopic (exact) mass is 298 g/mol. The number of halogens is 2. The van der Waals surface area contributed by atoms with Crippen molar-refractivity contribution in [1.29, 1.82) is 0 Å². The molecule has 0 fully saturated rings. The number of nitrogens with one attached hydrogen (secondary N) is 3. The minimum absolute atomic E-state index is 0.0159. The van der Waals surface area contributed by atoms with Crippen molar-refractivity contribution in [2.45, 2.75) is 25.8 Å². The number of carbonyl (C=O) groups excluding carboxylic acids is 1. The second-order valence-electron chi connectivity index (χ2n) is 4.67. The van der Waals surface area contributed by atoms with Crippen LogP contribution in [0.4, 0.5) is 19.3 Å². The minimum atomic E-state index is -2.67. The quantitative estimate of drug-likeness (QED) is 0.683. The molecule has 1 heterocycles. The summed E-state index contributed by atoms with van der Waals surface area (Å²) in [5.41, 5.74) is 1.29. The normalized spacial score (nSPS) is 12.6. The van der Waals surface area contributed by atoms with Crippen molar-refractivity contribution in [2.75, 3.05) is 11.9 Å². The topological polar surface area (TPSA) is 90.0 Å². The van der Waals surface area contributed by atoms with Crippen LogP contribution in [0.5, 0.6) is 0 Å². The largest absolute Gasteiger partial charge is 0.396 e. The van der Waals surface area contributed by atoms with Gasteiger partial charge in [-0.05, 0) is 31.5 Å². The molecular weight excluding hydrogens is 282 g/mol. The molecule has 0 radical (unpaired) electrons. The van der Waals surface area contributed by atoms with E-state index in [4.69, 9.17) is 5.11 Å². The number of anilines is 1. The standard InChI is InChI=1S/C13H16F2N4O2/c1-7(4-5-20)16-13(21)17-8-2-3-9-10(6-8)19-12(18-9)11(14)15/h2-3,6-7,11,20H,4-5H2,1H3,(H,18,19)(H2,16,17,21)/t7-/m1/s1. The summed E-state index contributed by atoms with van der Waals surface area (Å²) in [7, 11) is 0. The third kappa shape index (κ3) is 3.88. The molecule has 2 rings (SSSR count). The molecule has 8 heteroatoms. The van der Waals surface area contributed by atoms with E-state index in [1.54, 1.807) is 19.1 Å². The fourth-order valence-corrected chi connectivity index (χ4v) is 1.87. The van der Waals surface area contributed by atoms with E-state index in [1.165, 1.54) is 6.07 Å². The molecule has 0 aliphatic heterocycles. The Bertz CT molecular complexity index is 630. The molecule has 1 aromatic carbocycles. The highest BCUT2D eigenvalue weighted by molar-refractivity contribution is 5.92. The second-order valence-corrected chi connectivity index (χ2v) is 4.67. The smallest absolute Gasteiger partial charge is 0.319 e. The fourth-order valence-electron chi connectivity index (χ4n) is 1.87. The number of imidazole rings is 1. The van der Waals surface area contributed by atoms with Crippen molar-refractivity contribution in [2.24, 2.45) is 0 Å². The molecular formula is C13H16F2N4O2. The molecule has 0 bridgehead atoms. The Kier molecular flexibility index (Phi) is 4.69. The van der Waals surface area contributed by atoms with Gasteiger partial charge in [-0.1, -0.05) is 0 Å². The lowest BCUT2D eigenvalue weighted by Crippen LogP contribution is -2.36. The van der Waals surface area contributed by atoms with Crippen LogP contribution in [0.25, 0.3) is 11.0 Å². The Morgan fingerprint density at radius 2 is 2.24 bits per heavy atom. The lowest BCUT2D eigenvalue weighted by Gasteiger charge is -2.13. The number of carbonyl (C=O) groups is 1. The summed E-state index contributed by atoms with van der Waals surface area (Å²) in [6, 6.07) is 4.06. The van der Waals surface area contributed by atoms with Gasteiger partial charge in [-0.25, -0.2) is 18.6 Å². The van der Waals surface area contributed by atoms with Crippen molar-refractivity contribution in [3.8, 4) is 0 Å². The number of aromatic amines is 1. The summed E-state index contributed by atoms with van der Waals surface area (Å²) in [6.45, 7) is 1.75. The SMILES string of the molecule is C[C@H](CCO)NC(=O)Nc1ccc2nc(C(F)F)[nH]c2c1. The number of amides is 2. The highest BCUT2D eigenvalue weighted by Crippen LogP contribution is 2.22. The van der Waals surface area contributed by atoms with Gasteiger partial charge in [0.1, 0.15) is 0 Å². The molecule has 4 N–H and O–H groups in total. The highest BCUT2D eigenvalue weighted by atomic mass is 19.3. The number of alkyl halides is 2. The van der Waals surface area contributed by atoms with Gasteiger partial charge in [-0.2, -0.15) is 0 Å². The zero-order chi connectivity index (χ0) is 15.4. The molecule has 114 valence electrons. The number of rotatable bonds is 5. The lowest BCUT2D eigenvalue weighted by molar-refractivity contribution is 0.142. The first-order chi connectivity index (χ1) is 9.99. The number of hydrogen-bond acceptors (Lipinski definition) is 3. The first-order valence-corrected chi connectivity index (χ1v) is 6.45. The van der Waals surface area contributed by atoms with Gasteiger partial charge in [0.15, 0.2) is 5.82 Å². The maximum atomic E-state index is 12.5. The average molecular weight is 298 g/mol. The van der Waals surface area contributed by atoms with Gasteiger partial charge in [0.25, 0.3) is 6.43 Å². The first-order valence-electron chi connectivity index (χ1n) is 6.45. The van der Waals surface area contributed by atoms with E-state index in [0.29, 0.717) is 23.1 Å². The number of fused-ring (bicyclic) bond motifs is 1. The third-order valence-corrected chi connectivity index (χ3v) is 2.90. The van der Waals surface area contributed by atoms with Gasteiger partial charge in [0.05, 0.1) is 11.0 Å². The molecule has 2 amide bonds. The summed E-state index contributed by atoms with van der Waals surface area (Å²) in [5.74, 6) is -0.400. The van der Waals surface area contributed by atoms with Crippen molar-refractivity contribution in [3.05, 3.63) is 24.0 Å². The van der Waals surface area contributed by atoms with Crippen LogP contribution in [0.3, 0.4) is 0 Å². The highest BCUT2D eigenvalue weighted by Gasteiger charge is 2.13. The number of aliphatic hydroxyl groups excluding tert-OH is 1. The van der Waals surface area contributed by atoms with Crippen LogP contribution in [0.1, 0.15) is 25.6 Å². The van der Waals surface area contributed by atoms with E-state index in [1.807, 2.05) is 0 Å². The number of nitrogens with zero attached hydrogens (tertiary/aromatic N) is 1. The van der Waals surface area contributed by atoms with E-state index < -0.39 is 18.3 Å². The van der Waals surface area contributed by atoms with Crippen LogP contribution in [-0.2, 0) is 0 Å². The van der Waals surface area contributed by atoms with E-state index in [2.05, 4.69) is 20.6 Å².